The second-order valence-electron chi connectivity index (χ2n) is 2.80. The summed E-state index contributed by atoms with van der Waals surface area (Å²) in [4.78, 5) is 0. The van der Waals surface area contributed by atoms with Crippen LogP contribution in [0.15, 0.2) is 24.3 Å². The van der Waals surface area contributed by atoms with Crippen molar-refractivity contribution in [1.29, 1.82) is 0 Å². The Kier molecular flexibility index (Phi) is 4.46. The van der Waals surface area contributed by atoms with E-state index in [1.807, 2.05) is 24.3 Å². The number of nitrogens with two attached hydrogens (primary N) is 1. The second kappa shape index (κ2) is 5.70. The van der Waals surface area contributed by atoms with Crippen LogP contribution in [0, 0.1) is 0 Å². The van der Waals surface area contributed by atoms with Gasteiger partial charge in [-0.15, -0.1) is 0 Å². The Labute approximate surface area is 78.1 Å². The fourth-order valence-electron chi connectivity index (χ4n) is 1.10. The van der Waals surface area contributed by atoms with Crippen LogP contribution in [0.4, 0.5) is 0 Å². The molecule has 0 atom stereocenters. The van der Waals surface area contributed by atoms with Gasteiger partial charge in [0.15, 0.2) is 0 Å². The maximum absolute atomic E-state index is 8.50. The fourth-order valence-corrected chi connectivity index (χ4v) is 1.10. The summed E-state index contributed by atoms with van der Waals surface area (Å²) in [6, 6.07) is 7.93. The van der Waals surface area contributed by atoms with Gasteiger partial charge in [0.05, 0.1) is 19.8 Å². The van der Waals surface area contributed by atoms with Crippen LogP contribution in [-0.4, -0.2) is 18.3 Å². The van der Waals surface area contributed by atoms with Gasteiger partial charge >= 0.3 is 0 Å². The Hall–Kier alpha value is -0.900. The van der Waals surface area contributed by atoms with E-state index in [-0.39, 0.29) is 6.61 Å². The van der Waals surface area contributed by atoms with Gasteiger partial charge in [0.25, 0.3) is 0 Å². The first-order valence-corrected chi connectivity index (χ1v) is 4.33. The lowest BCUT2D eigenvalue weighted by atomic mass is 10.1. The lowest BCUT2D eigenvalue weighted by Crippen LogP contribution is -2.01. The highest BCUT2D eigenvalue weighted by molar-refractivity contribution is 5.22. The number of hydrogen-bond acceptors (Lipinski definition) is 3. The maximum Gasteiger partial charge on any atom is 0.0718 e. The summed E-state index contributed by atoms with van der Waals surface area (Å²) in [5.74, 6) is 0. The van der Waals surface area contributed by atoms with E-state index in [0.29, 0.717) is 19.8 Å². The fraction of sp³-hybridized carbons (Fsp3) is 0.400. The van der Waals surface area contributed by atoms with Crippen molar-refractivity contribution in [3.8, 4) is 0 Å². The summed E-state index contributed by atoms with van der Waals surface area (Å²) in [7, 11) is 0. The summed E-state index contributed by atoms with van der Waals surface area (Å²) in [5, 5.41) is 8.50. The van der Waals surface area contributed by atoms with Crippen LogP contribution in [0.5, 0.6) is 0 Å². The second-order valence-corrected chi connectivity index (χ2v) is 2.80. The third-order valence-corrected chi connectivity index (χ3v) is 1.73. The van der Waals surface area contributed by atoms with Gasteiger partial charge in [-0.2, -0.15) is 0 Å². The monoisotopic (exact) mass is 181 g/mol. The molecular formula is C10H15NO2. The van der Waals surface area contributed by atoms with Gasteiger partial charge < -0.3 is 15.6 Å². The van der Waals surface area contributed by atoms with E-state index in [4.69, 9.17) is 15.6 Å². The standard InChI is InChI=1S/C10H15NO2/c11-7-9-2-1-3-10(6-9)8-13-5-4-12/h1-3,6,12H,4-5,7-8,11H2. The molecule has 1 aromatic carbocycles. The van der Waals surface area contributed by atoms with Crippen molar-refractivity contribution in [2.75, 3.05) is 13.2 Å². The normalized spacial score (nSPS) is 10.3. The van der Waals surface area contributed by atoms with Crippen LogP contribution in [0.2, 0.25) is 0 Å². The molecule has 1 aromatic rings. The molecule has 0 aliphatic rings. The molecule has 0 unspecified atom stereocenters. The minimum Gasteiger partial charge on any atom is -0.394 e. The van der Waals surface area contributed by atoms with Crippen molar-refractivity contribution in [2.45, 2.75) is 13.2 Å². The number of rotatable bonds is 5. The van der Waals surface area contributed by atoms with Crippen LogP contribution >= 0.6 is 0 Å². The molecular weight excluding hydrogens is 166 g/mol. The highest BCUT2D eigenvalue weighted by Crippen LogP contribution is 2.05. The van der Waals surface area contributed by atoms with E-state index in [0.717, 1.165) is 11.1 Å². The predicted octanol–water partition coefficient (Wildman–Crippen LogP) is 0.654. The predicted molar refractivity (Wildman–Crippen MR) is 51.1 cm³/mol. The minimum atomic E-state index is 0.0661. The average molecular weight is 181 g/mol. The molecule has 0 saturated carbocycles. The quantitative estimate of drug-likeness (QED) is 0.656. The molecule has 0 bridgehead atoms. The maximum atomic E-state index is 8.50. The van der Waals surface area contributed by atoms with E-state index in [1.165, 1.54) is 0 Å². The summed E-state index contributed by atoms with van der Waals surface area (Å²) in [6.45, 7) is 1.53. The van der Waals surface area contributed by atoms with Gasteiger partial charge in [-0.1, -0.05) is 24.3 Å². The highest BCUT2D eigenvalue weighted by Gasteiger charge is 1.94. The summed E-state index contributed by atoms with van der Waals surface area (Å²) in [5.41, 5.74) is 7.69. The van der Waals surface area contributed by atoms with E-state index < -0.39 is 0 Å². The zero-order valence-electron chi connectivity index (χ0n) is 7.57. The van der Waals surface area contributed by atoms with E-state index in [2.05, 4.69) is 0 Å². The molecule has 0 fully saturated rings. The zero-order chi connectivity index (χ0) is 9.52. The molecule has 13 heavy (non-hydrogen) atoms. The Balaban J connectivity index is 2.46. The first kappa shape index (κ1) is 10.2. The van der Waals surface area contributed by atoms with Gasteiger partial charge in [-0.3, -0.25) is 0 Å². The van der Waals surface area contributed by atoms with Crippen LogP contribution in [-0.2, 0) is 17.9 Å². The molecule has 0 aromatic heterocycles. The van der Waals surface area contributed by atoms with Crippen molar-refractivity contribution in [1.82, 2.24) is 0 Å². The number of aliphatic hydroxyl groups is 1. The lowest BCUT2D eigenvalue weighted by molar-refractivity contribution is 0.0815. The van der Waals surface area contributed by atoms with E-state index in [1.54, 1.807) is 0 Å². The van der Waals surface area contributed by atoms with Gasteiger partial charge in [-0.25, -0.2) is 0 Å². The van der Waals surface area contributed by atoms with E-state index in [9.17, 15) is 0 Å². The number of benzene rings is 1. The molecule has 1 rings (SSSR count). The molecule has 0 heterocycles. The molecule has 3 heteroatoms. The molecule has 0 amide bonds. The topological polar surface area (TPSA) is 55.5 Å². The number of aliphatic hydroxyl groups excluding tert-OH is 1. The van der Waals surface area contributed by atoms with Crippen molar-refractivity contribution in [3.63, 3.8) is 0 Å². The summed E-state index contributed by atoms with van der Waals surface area (Å²) >= 11 is 0. The zero-order valence-corrected chi connectivity index (χ0v) is 7.57. The van der Waals surface area contributed by atoms with Gasteiger partial charge in [0.2, 0.25) is 0 Å². The van der Waals surface area contributed by atoms with E-state index >= 15 is 0 Å². The first-order chi connectivity index (χ1) is 6.36. The van der Waals surface area contributed by atoms with Crippen LogP contribution in [0.1, 0.15) is 11.1 Å². The number of hydrogen-bond donors (Lipinski definition) is 2. The minimum absolute atomic E-state index is 0.0661. The van der Waals surface area contributed by atoms with Crippen molar-refractivity contribution >= 4 is 0 Å². The molecule has 0 spiro atoms. The van der Waals surface area contributed by atoms with Gasteiger partial charge in [0.1, 0.15) is 0 Å². The summed E-state index contributed by atoms with van der Waals surface area (Å²) < 4.78 is 5.18. The summed E-state index contributed by atoms with van der Waals surface area (Å²) in [6.07, 6.45) is 0. The Morgan fingerprint density at radius 1 is 1.31 bits per heavy atom. The Morgan fingerprint density at radius 3 is 2.77 bits per heavy atom. The Bertz CT molecular complexity index is 250. The third kappa shape index (κ3) is 3.55. The van der Waals surface area contributed by atoms with Crippen LogP contribution in [0.25, 0.3) is 0 Å². The van der Waals surface area contributed by atoms with Crippen LogP contribution < -0.4 is 5.73 Å². The van der Waals surface area contributed by atoms with Gasteiger partial charge in [0, 0.05) is 6.54 Å². The molecule has 0 aliphatic carbocycles. The largest absolute Gasteiger partial charge is 0.394 e. The lowest BCUT2D eigenvalue weighted by Gasteiger charge is -2.03. The molecule has 0 radical (unpaired) electrons. The molecule has 0 saturated heterocycles. The Morgan fingerprint density at radius 2 is 2.08 bits per heavy atom. The molecule has 0 aliphatic heterocycles. The highest BCUT2D eigenvalue weighted by atomic mass is 16.5. The van der Waals surface area contributed by atoms with Gasteiger partial charge in [-0.05, 0) is 11.1 Å². The van der Waals surface area contributed by atoms with Crippen molar-refractivity contribution in [3.05, 3.63) is 35.4 Å². The molecule has 72 valence electrons. The third-order valence-electron chi connectivity index (χ3n) is 1.73. The molecule has 3 N–H and O–H groups in total. The average Bonchev–Trinajstić information content (AvgIpc) is 2.19. The molecule has 3 nitrogen and oxygen atoms in total. The SMILES string of the molecule is NCc1cccc(COCCO)c1. The van der Waals surface area contributed by atoms with Crippen LogP contribution in [0.3, 0.4) is 0 Å². The first-order valence-electron chi connectivity index (χ1n) is 4.33. The number of ether oxygens (including phenoxy) is 1. The van der Waals surface area contributed by atoms with Crippen molar-refractivity contribution < 1.29 is 9.84 Å². The van der Waals surface area contributed by atoms with Crippen molar-refractivity contribution in [2.24, 2.45) is 5.73 Å². The smallest absolute Gasteiger partial charge is 0.0718 e.